The Balaban J connectivity index is 0.851. The van der Waals surface area contributed by atoms with Crippen molar-refractivity contribution in [2.24, 2.45) is 0 Å². The number of anilines is 6. The van der Waals surface area contributed by atoms with Gasteiger partial charge >= 0.3 is 0 Å². The van der Waals surface area contributed by atoms with E-state index in [9.17, 15) is 0 Å². The largest absolute Gasteiger partial charge is 0.453 e. The molecule has 0 N–H and O–H groups in total. The van der Waals surface area contributed by atoms with Crippen molar-refractivity contribution < 1.29 is 8.83 Å². The second kappa shape index (κ2) is 17.8. The molecular formula is C78H58N2O2. The van der Waals surface area contributed by atoms with Gasteiger partial charge in [0.2, 0.25) is 0 Å². The fourth-order valence-electron chi connectivity index (χ4n) is 14.2. The van der Waals surface area contributed by atoms with Gasteiger partial charge in [-0.25, -0.2) is 0 Å². The number of para-hydroxylation sites is 6. The number of furan rings is 2. The molecule has 0 spiro atoms. The van der Waals surface area contributed by atoms with Crippen LogP contribution in [-0.2, 0) is 10.8 Å². The second-order valence-electron chi connectivity index (χ2n) is 23.6. The fraction of sp³-hybridized carbons (Fsp3) is 0.103. The Morgan fingerprint density at radius 1 is 0.280 bits per heavy atom. The lowest BCUT2D eigenvalue weighted by Gasteiger charge is -2.37. The molecular weight excluding hydrogens is 997 g/mol. The molecule has 14 aromatic rings. The highest BCUT2D eigenvalue weighted by molar-refractivity contribution is 6.17. The zero-order valence-electron chi connectivity index (χ0n) is 46.8. The Labute approximate surface area is 477 Å². The van der Waals surface area contributed by atoms with Crippen LogP contribution >= 0.6 is 0 Å². The maximum absolute atomic E-state index is 7.16. The minimum absolute atomic E-state index is 0.323. The summed E-state index contributed by atoms with van der Waals surface area (Å²) < 4.78 is 14.3. The van der Waals surface area contributed by atoms with Crippen molar-refractivity contribution in [3.05, 3.63) is 276 Å². The van der Waals surface area contributed by atoms with Crippen LogP contribution in [0.2, 0.25) is 0 Å². The van der Waals surface area contributed by atoms with Crippen LogP contribution in [0.1, 0.15) is 61.1 Å². The van der Waals surface area contributed by atoms with Crippen molar-refractivity contribution in [2.75, 3.05) is 9.80 Å². The van der Waals surface area contributed by atoms with Gasteiger partial charge in [-0.1, -0.05) is 216 Å². The summed E-state index contributed by atoms with van der Waals surface area (Å²) >= 11 is 0. The maximum Gasteiger partial charge on any atom is 0.159 e. The van der Waals surface area contributed by atoms with E-state index >= 15 is 0 Å². The normalized spacial score (nSPS) is 13.7. The van der Waals surface area contributed by atoms with Gasteiger partial charge in [0.1, 0.15) is 11.2 Å². The third-order valence-electron chi connectivity index (χ3n) is 18.3. The molecule has 0 aliphatic heterocycles. The van der Waals surface area contributed by atoms with Crippen LogP contribution in [0.15, 0.2) is 251 Å². The Morgan fingerprint density at radius 2 is 0.707 bits per heavy atom. The topological polar surface area (TPSA) is 32.8 Å². The van der Waals surface area contributed by atoms with E-state index in [1.165, 1.54) is 66.4 Å². The fourth-order valence-corrected chi connectivity index (χ4v) is 14.2. The number of fused-ring (bicyclic) bond motifs is 11. The molecule has 12 aromatic carbocycles. The van der Waals surface area contributed by atoms with Gasteiger partial charge in [-0.2, -0.15) is 0 Å². The summed E-state index contributed by atoms with van der Waals surface area (Å²) in [6.07, 6.45) is 0. The standard InChI is InChI=1S/C78H58N2O2/c1-47-22-13-15-36-67(47)79(70-38-20-32-58-56-30-17-28-52(73(56)81-75(58)70)49-24-9-7-10-25-49)51-40-41-54-61-45-66-62(46-65(61)78(5,6)64(54)44-51)55-42-43-69(60-34-19-35-63(72(55)60)77(66,3)4)80(68-37-16-14-23-48(68)2)71-39-21-33-59-57-31-18-29-53(74(57)82-76(59)71)50-26-11-8-12-27-50/h7-46H,1-6H3. The van der Waals surface area contributed by atoms with Crippen molar-refractivity contribution >= 4 is 88.8 Å². The van der Waals surface area contributed by atoms with Crippen LogP contribution in [-0.4, -0.2) is 0 Å². The minimum atomic E-state index is -0.324. The van der Waals surface area contributed by atoms with E-state index < -0.39 is 0 Å². The predicted molar refractivity (Wildman–Crippen MR) is 343 cm³/mol. The predicted octanol–water partition coefficient (Wildman–Crippen LogP) is 22.1. The molecule has 0 unspecified atom stereocenters. The lowest BCUT2D eigenvalue weighted by Crippen LogP contribution is -2.25. The molecule has 0 saturated carbocycles. The SMILES string of the molecule is Cc1ccccc1N(c1ccc2c(c1)C(C)(C)c1cc3c(cc1-2)C(C)(C)c1cccc2c(N(c4ccccc4C)c4cccc5c4oc4c(-c6ccccc6)cccc45)ccc-3c12)c1cccc2c1oc1c(-c3ccccc3)cccc12. The Bertz CT molecular complexity index is 4960. The summed E-state index contributed by atoms with van der Waals surface area (Å²) in [6, 6.07) is 88.8. The van der Waals surface area contributed by atoms with Crippen LogP contribution in [0.5, 0.6) is 0 Å². The van der Waals surface area contributed by atoms with Crippen molar-refractivity contribution in [2.45, 2.75) is 52.4 Å². The zero-order chi connectivity index (χ0) is 55.2. The first-order valence-electron chi connectivity index (χ1n) is 28.7. The molecule has 4 heteroatoms. The molecule has 0 fully saturated rings. The summed E-state index contributed by atoms with van der Waals surface area (Å²) in [5, 5.41) is 6.90. The van der Waals surface area contributed by atoms with Crippen molar-refractivity contribution in [3.8, 4) is 44.5 Å². The van der Waals surface area contributed by atoms with Gasteiger partial charge in [0, 0.05) is 66.0 Å². The third-order valence-corrected chi connectivity index (χ3v) is 18.3. The summed E-state index contributed by atoms with van der Waals surface area (Å²) in [6.45, 7) is 14.1. The molecule has 82 heavy (non-hydrogen) atoms. The molecule has 2 aliphatic rings. The molecule has 2 aromatic heterocycles. The first-order chi connectivity index (χ1) is 40.0. The first-order valence-corrected chi connectivity index (χ1v) is 28.7. The van der Waals surface area contributed by atoms with Gasteiger partial charge in [-0.15, -0.1) is 0 Å². The van der Waals surface area contributed by atoms with E-state index in [1.54, 1.807) is 0 Å². The number of benzene rings is 12. The molecule has 0 saturated heterocycles. The van der Waals surface area contributed by atoms with Crippen LogP contribution in [0.3, 0.4) is 0 Å². The quantitative estimate of drug-likeness (QED) is 0.152. The highest BCUT2D eigenvalue weighted by atomic mass is 16.3. The molecule has 392 valence electrons. The smallest absolute Gasteiger partial charge is 0.159 e. The van der Waals surface area contributed by atoms with E-state index in [2.05, 4.69) is 294 Å². The van der Waals surface area contributed by atoms with E-state index in [0.717, 1.165) is 100 Å². The van der Waals surface area contributed by atoms with Gasteiger partial charge in [0.25, 0.3) is 0 Å². The van der Waals surface area contributed by atoms with E-state index in [1.807, 2.05) is 0 Å². The number of hydrogen-bond acceptors (Lipinski definition) is 4. The average Bonchev–Trinajstić information content (AvgIpc) is 1.71. The number of rotatable bonds is 8. The molecule has 16 rings (SSSR count). The molecule has 2 heterocycles. The monoisotopic (exact) mass is 1050 g/mol. The van der Waals surface area contributed by atoms with Gasteiger partial charge < -0.3 is 18.6 Å². The van der Waals surface area contributed by atoms with Gasteiger partial charge in [0.05, 0.1) is 17.1 Å². The van der Waals surface area contributed by atoms with Crippen LogP contribution in [0.25, 0.3) is 99.2 Å². The van der Waals surface area contributed by atoms with Crippen molar-refractivity contribution in [1.82, 2.24) is 0 Å². The highest BCUT2D eigenvalue weighted by Gasteiger charge is 2.42. The zero-order valence-corrected chi connectivity index (χ0v) is 46.8. The van der Waals surface area contributed by atoms with Gasteiger partial charge in [-0.3, -0.25) is 0 Å². The van der Waals surface area contributed by atoms with Gasteiger partial charge in [-0.05, 0) is 141 Å². The molecule has 4 nitrogen and oxygen atoms in total. The minimum Gasteiger partial charge on any atom is -0.453 e. The molecule has 0 radical (unpaired) electrons. The van der Waals surface area contributed by atoms with E-state index in [-0.39, 0.29) is 10.8 Å². The van der Waals surface area contributed by atoms with Crippen LogP contribution in [0.4, 0.5) is 34.1 Å². The summed E-state index contributed by atoms with van der Waals surface area (Å²) in [7, 11) is 0. The van der Waals surface area contributed by atoms with Crippen LogP contribution in [0, 0.1) is 13.8 Å². The number of nitrogens with zero attached hydrogens (tertiary/aromatic N) is 2. The maximum atomic E-state index is 7.16. The third kappa shape index (κ3) is 6.91. The molecule has 0 amide bonds. The first kappa shape index (κ1) is 48.0. The molecule has 2 aliphatic carbocycles. The molecule has 0 bridgehead atoms. The second-order valence-corrected chi connectivity index (χ2v) is 23.6. The molecule has 0 atom stereocenters. The van der Waals surface area contributed by atoms with Crippen molar-refractivity contribution in [3.63, 3.8) is 0 Å². The number of hydrogen-bond donors (Lipinski definition) is 0. The van der Waals surface area contributed by atoms with E-state index in [0.29, 0.717) is 0 Å². The summed E-state index contributed by atoms with van der Waals surface area (Å²) in [5.41, 5.74) is 26.6. The number of aryl methyl sites for hydroxylation is 2. The Hall–Kier alpha value is -9.90. The highest BCUT2D eigenvalue weighted by Crippen LogP contribution is 2.58. The summed E-state index contributed by atoms with van der Waals surface area (Å²) in [5.74, 6) is 0. The lowest BCUT2D eigenvalue weighted by atomic mass is 9.67. The van der Waals surface area contributed by atoms with Gasteiger partial charge in [0.15, 0.2) is 11.2 Å². The van der Waals surface area contributed by atoms with E-state index in [4.69, 9.17) is 8.83 Å². The Morgan fingerprint density at radius 3 is 1.28 bits per heavy atom. The van der Waals surface area contributed by atoms with Crippen LogP contribution < -0.4 is 9.80 Å². The average molecular weight is 1060 g/mol. The Kier molecular flexibility index (Phi) is 10.4. The summed E-state index contributed by atoms with van der Waals surface area (Å²) in [4.78, 5) is 4.87. The van der Waals surface area contributed by atoms with Crippen molar-refractivity contribution in [1.29, 1.82) is 0 Å². The lowest BCUT2D eigenvalue weighted by molar-refractivity contribution is 0.639.